The Kier molecular flexibility index (Phi) is 4.97. The predicted octanol–water partition coefficient (Wildman–Crippen LogP) is 1.70. The number of nitrogens with one attached hydrogen (secondary N) is 1. The van der Waals surface area contributed by atoms with Gasteiger partial charge in [0.15, 0.2) is 11.5 Å². The van der Waals surface area contributed by atoms with Crippen LogP contribution in [-0.4, -0.2) is 44.9 Å². The Morgan fingerprint density at radius 3 is 2.96 bits per heavy atom. The standard InChI is InChI=1S/C19H24N2O5/c22-18-8-14(19(23)20-6-1-7-24-11-13-2-3-13)10-21(18)15-4-5-16-17(9-15)26-12-25-16/h4-5,9,13-14H,1-3,6-8,10-12H2,(H,20,23). The number of rotatable bonds is 8. The SMILES string of the molecule is O=C(NCCCOCC1CC1)C1CC(=O)N(c2ccc3c(c2)OCO3)C1. The highest BCUT2D eigenvalue weighted by Crippen LogP contribution is 2.37. The molecule has 3 aliphatic rings. The number of carbonyl (C=O) groups excluding carboxylic acids is 2. The van der Waals surface area contributed by atoms with E-state index in [1.807, 2.05) is 6.07 Å². The first-order valence-corrected chi connectivity index (χ1v) is 9.26. The minimum Gasteiger partial charge on any atom is -0.454 e. The third kappa shape index (κ3) is 3.93. The van der Waals surface area contributed by atoms with Crippen molar-refractivity contribution in [1.82, 2.24) is 5.32 Å². The largest absolute Gasteiger partial charge is 0.454 e. The third-order valence-electron chi connectivity index (χ3n) is 4.98. The molecule has 1 atom stereocenters. The van der Waals surface area contributed by atoms with Crippen LogP contribution >= 0.6 is 0 Å². The fraction of sp³-hybridized carbons (Fsp3) is 0.579. The number of hydrogen-bond acceptors (Lipinski definition) is 5. The maximum atomic E-state index is 12.3. The van der Waals surface area contributed by atoms with Crippen LogP contribution in [0.1, 0.15) is 25.7 Å². The van der Waals surface area contributed by atoms with E-state index in [0.717, 1.165) is 24.6 Å². The van der Waals surface area contributed by atoms with Gasteiger partial charge < -0.3 is 24.4 Å². The molecule has 0 spiro atoms. The van der Waals surface area contributed by atoms with Gasteiger partial charge in [0.05, 0.1) is 5.92 Å². The van der Waals surface area contributed by atoms with Gasteiger partial charge in [-0.05, 0) is 37.3 Å². The topological polar surface area (TPSA) is 77.1 Å². The molecular formula is C19H24N2O5. The van der Waals surface area contributed by atoms with Gasteiger partial charge in [0.1, 0.15) is 0 Å². The zero-order chi connectivity index (χ0) is 17.9. The van der Waals surface area contributed by atoms with Gasteiger partial charge in [0, 0.05) is 44.5 Å². The van der Waals surface area contributed by atoms with Crippen molar-refractivity contribution in [1.29, 1.82) is 0 Å². The van der Waals surface area contributed by atoms with Crippen LogP contribution < -0.4 is 19.7 Å². The van der Waals surface area contributed by atoms with Crippen LogP contribution in [0.5, 0.6) is 11.5 Å². The van der Waals surface area contributed by atoms with Crippen LogP contribution in [0.4, 0.5) is 5.69 Å². The summed E-state index contributed by atoms with van der Waals surface area (Å²) >= 11 is 0. The monoisotopic (exact) mass is 360 g/mol. The summed E-state index contributed by atoms with van der Waals surface area (Å²) in [5, 5.41) is 2.92. The molecule has 1 saturated carbocycles. The van der Waals surface area contributed by atoms with E-state index in [4.69, 9.17) is 14.2 Å². The van der Waals surface area contributed by atoms with Crippen molar-refractivity contribution in [2.24, 2.45) is 11.8 Å². The quantitative estimate of drug-likeness (QED) is 0.714. The summed E-state index contributed by atoms with van der Waals surface area (Å²) < 4.78 is 16.2. The van der Waals surface area contributed by atoms with Gasteiger partial charge in [-0.1, -0.05) is 0 Å². The molecule has 1 aliphatic carbocycles. The number of nitrogens with zero attached hydrogens (tertiary/aromatic N) is 1. The van der Waals surface area contributed by atoms with E-state index in [1.165, 1.54) is 12.8 Å². The fourth-order valence-corrected chi connectivity index (χ4v) is 3.25. The lowest BCUT2D eigenvalue weighted by Gasteiger charge is -2.17. The maximum absolute atomic E-state index is 12.3. The van der Waals surface area contributed by atoms with E-state index >= 15 is 0 Å². The smallest absolute Gasteiger partial charge is 0.231 e. The molecule has 7 nitrogen and oxygen atoms in total. The third-order valence-corrected chi connectivity index (χ3v) is 4.98. The minimum absolute atomic E-state index is 0.0446. The van der Waals surface area contributed by atoms with E-state index in [9.17, 15) is 9.59 Å². The molecule has 7 heteroatoms. The summed E-state index contributed by atoms with van der Waals surface area (Å²) in [6.07, 6.45) is 3.60. The molecule has 0 radical (unpaired) electrons. The Hall–Kier alpha value is -2.28. The van der Waals surface area contributed by atoms with Crippen LogP contribution in [0.2, 0.25) is 0 Å². The Bertz CT molecular complexity index is 689. The normalized spacial score (nSPS) is 21.3. The summed E-state index contributed by atoms with van der Waals surface area (Å²) in [5.41, 5.74) is 0.739. The van der Waals surface area contributed by atoms with Crippen molar-refractivity contribution in [3.8, 4) is 11.5 Å². The summed E-state index contributed by atoms with van der Waals surface area (Å²) in [6, 6.07) is 5.40. The highest BCUT2D eigenvalue weighted by atomic mass is 16.7. The number of ether oxygens (including phenoxy) is 3. The van der Waals surface area contributed by atoms with E-state index < -0.39 is 0 Å². The van der Waals surface area contributed by atoms with Crippen molar-refractivity contribution >= 4 is 17.5 Å². The first-order chi connectivity index (χ1) is 12.7. The van der Waals surface area contributed by atoms with Gasteiger partial charge in [-0.25, -0.2) is 0 Å². The Morgan fingerprint density at radius 2 is 2.12 bits per heavy atom. The predicted molar refractivity (Wildman–Crippen MR) is 94.2 cm³/mol. The van der Waals surface area contributed by atoms with Gasteiger partial charge in [-0.3, -0.25) is 9.59 Å². The van der Waals surface area contributed by atoms with Crippen LogP contribution in [0.25, 0.3) is 0 Å². The summed E-state index contributed by atoms with van der Waals surface area (Å²) in [5.74, 6) is 1.64. The molecule has 1 aromatic carbocycles. The maximum Gasteiger partial charge on any atom is 0.231 e. The molecule has 1 N–H and O–H groups in total. The fourth-order valence-electron chi connectivity index (χ4n) is 3.25. The van der Waals surface area contributed by atoms with Crippen LogP contribution in [-0.2, 0) is 14.3 Å². The molecule has 2 aliphatic heterocycles. The zero-order valence-electron chi connectivity index (χ0n) is 14.7. The van der Waals surface area contributed by atoms with Crippen LogP contribution in [0.3, 0.4) is 0 Å². The lowest BCUT2D eigenvalue weighted by Crippen LogP contribution is -2.33. The molecule has 2 fully saturated rings. The second kappa shape index (κ2) is 7.53. The number of amides is 2. The molecule has 0 aromatic heterocycles. The summed E-state index contributed by atoms with van der Waals surface area (Å²) in [4.78, 5) is 26.3. The Morgan fingerprint density at radius 1 is 1.27 bits per heavy atom. The molecular weight excluding hydrogens is 336 g/mol. The molecule has 1 unspecified atom stereocenters. The minimum atomic E-state index is -0.319. The molecule has 1 saturated heterocycles. The molecule has 0 bridgehead atoms. The number of hydrogen-bond donors (Lipinski definition) is 1. The van der Waals surface area contributed by atoms with Crippen molar-refractivity contribution in [2.75, 3.05) is 38.0 Å². The molecule has 2 amide bonds. The van der Waals surface area contributed by atoms with E-state index in [-0.39, 0.29) is 30.9 Å². The highest BCUT2D eigenvalue weighted by molar-refractivity contribution is 6.00. The first-order valence-electron chi connectivity index (χ1n) is 9.26. The van der Waals surface area contributed by atoms with Gasteiger partial charge in [0.25, 0.3) is 0 Å². The average molecular weight is 360 g/mol. The van der Waals surface area contributed by atoms with Crippen molar-refractivity contribution < 1.29 is 23.8 Å². The van der Waals surface area contributed by atoms with Crippen molar-refractivity contribution in [3.63, 3.8) is 0 Å². The first kappa shape index (κ1) is 17.1. The van der Waals surface area contributed by atoms with Gasteiger partial charge >= 0.3 is 0 Å². The second-order valence-corrected chi connectivity index (χ2v) is 7.11. The highest BCUT2D eigenvalue weighted by Gasteiger charge is 2.35. The van der Waals surface area contributed by atoms with E-state index in [1.54, 1.807) is 17.0 Å². The van der Waals surface area contributed by atoms with Crippen molar-refractivity contribution in [3.05, 3.63) is 18.2 Å². The van der Waals surface area contributed by atoms with Crippen molar-refractivity contribution in [2.45, 2.75) is 25.7 Å². The molecule has 140 valence electrons. The van der Waals surface area contributed by atoms with Gasteiger partial charge in [0.2, 0.25) is 18.6 Å². The van der Waals surface area contributed by atoms with E-state index in [0.29, 0.717) is 31.2 Å². The molecule has 26 heavy (non-hydrogen) atoms. The molecule has 4 rings (SSSR count). The Balaban J connectivity index is 1.23. The lowest BCUT2D eigenvalue weighted by molar-refractivity contribution is -0.126. The van der Waals surface area contributed by atoms with E-state index in [2.05, 4.69) is 5.32 Å². The lowest BCUT2D eigenvalue weighted by atomic mass is 10.1. The average Bonchev–Trinajstić information content (AvgIpc) is 3.20. The van der Waals surface area contributed by atoms with Crippen LogP contribution in [0, 0.1) is 11.8 Å². The second-order valence-electron chi connectivity index (χ2n) is 7.11. The number of benzene rings is 1. The van der Waals surface area contributed by atoms with Crippen LogP contribution in [0.15, 0.2) is 18.2 Å². The number of fused-ring (bicyclic) bond motifs is 1. The Labute approximate surface area is 152 Å². The molecule has 2 heterocycles. The molecule has 1 aromatic rings. The number of anilines is 1. The number of carbonyl (C=O) groups is 2. The summed E-state index contributed by atoms with van der Waals surface area (Å²) in [7, 11) is 0. The summed E-state index contributed by atoms with van der Waals surface area (Å²) in [6.45, 7) is 2.68. The van der Waals surface area contributed by atoms with Gasteiger partial charge in [-0.2, -0.15) is 0 Å². The zero-order valence-corrected chi connectivity index (χ0v) is 14.7. The van der Waals surface area contributed by atoms with Gasteiger partial charge in [-0.15, -0.1) is 0 Å².